The van der Waals surface area contributed by atoms with Crippen LogP contribution in [0.1, 0.15) is 25.6 Å². The summed E-state index contributed by atoms with van der Waals surface area (Å²) in [5.74, 6) is 0. The van der Waals surface area contributed by atoms with Crippen molar-refractivity contribution in [3.8, 4) is 0 Å². The SMILES string of the molecule is CC.CCc1[c-]ccs1.[CH3-].[Nd]. The molecule has 1 aromatic heterocycles. The molecule has 0 aromatic carbocycles. The van der Waals surface area contributed by atoms with Crippen LogP contribution in [0.25, 0.3) is 0 Å². The minimum absolute atomic E-state index is 0. The molecule has 1 heterocycles. The van der Waals surface area contributed by atoms with Crippen molar-refractivity contribution < 1.29 is 40.8 Å². The Balaban J connectivity index is -0.000000149. The van der Waals surface area contributed by atoms with Gasteiger partial charge in [-0.15, -0.1) is 4.88 Å². The largest absolute Gasteiger partial charge is 0.358 e. The Morgan fingerprint density at radius 2 is 2.00 bits per heavy atom. The van der Waals surface area contributed by atoms with Gasteiger partial charge in [0.1, 0.15) is 0 Å². The Kier molecular flexibility index (Phi) is 22.3. The fraction of sp³-hybridized carbons (Fsp3) is 0.444. The van der Waals surface area contributed by atoms with Crippen LogP contribution >= 0.6 is 11.3 Å². The molecule has 0 N–H and O–H groups in total. The first-order valence-electron chi connectivity index (χ1n) is 3.37. The van der Waals surface area contributed by atoms with Gasteiger partial charge in [0.25, 0.3) is 0 Å². The summed E-state index contributed by atoms with van der Waals surface area (Å²) in [7, 11) is 0. The van der Waals surface area contributed by atoms with Gasteiger partial charge in [0.2, 0.25) is 0 Å². The molecule has 0 aliphatic heterocycles. The van der Waals surface area contributed by atoms with Gasteiger partial charge in [-0.2, -0.15) is 5.38 Å². The predicted molar refractivity (Wildman–Crippen MR) is 50.3 cm³/mol. The van der Waals surface area contributed by atoms with Crippen molar-refractivity contribution in [2.45, 2.75) is 27.2 Å². The molecule has 0 amide bonds. The average Bonchev–Trinajstić information content (AvgIpc) is 2.43. The molecule has 0 fully saturated rings. The molecule has 0 aliphatic carbocycles. The fourth-order valence-corrected chi connectivity index (χ4v) is 1.07. The first kappa shape index (κ1) is 18.0. The third-order valence-corrected chi connectivity index (χ3v) is 1.81. The van der Waals surface area contributed by atoms with Gasteiger partial charge in [0.05, 0.1) is 0 Å². The van der Waals surface area contributed by atoms with Gasteiger partial charge in [0, 0.05) is 40.8 Å². The van der Waals surface area contributed by atoms with Gasteiger partial charge in [0.15, 0.2) is 0 Å². The summed E-state index contributed by atoms with van der Waals surface area (Å²) in [6.45, 7) is 6.14. The van der Waals surface area contributed by atoms with Crippen molar-refractivity contribution in [2.24, 2.45) is 0 Å². The third-order valence-electron chi connectivity index (χ3n) is 0.844. The zero-order chi connectivity index (χ0) is 7.11. The average molecular weight is 301 g/mol. The molecule has 0 unspecified atom stereocenters. The number of rotatable bonds is 1. The quantitative estimate of drug-likeness (QED) is 0.695. The number of hydrogen-bond acceptors (Lipinski definition) is 1. The van der Waals surface area contributed by atoms with Crippen LogP contribution in [0.4, 0.5) is 0 Å². The van der Waals surface area contributed by atoms with E-state index < -0.39 is 0 Å². The zero-order valence-corrected chi connectivity index (χ0v) is 11.8. The van der Waals surface area contributed by atoms with Crippen LogP contribution in [-0.2, 0) is 6.42 Å². The second kappa shape index (κ2) is 13.6. The molecule has 0 bridgehead atoms. The molecule has 1 rings (SSSR count). The molecular weight excluding hydrogens is 284 g/mol. The van der Waals surface area contributed by atoms with Crippen LogP contribution in [0.15, 0.2) is 11.4 Å². The Bertz CT molecular complexity index is 124. The third kappa shape index (κ3) is 8.96. The summed E-state index contributed by atoms with van der Waals surface area (Å²) in [6.07, 6.45) is 1.12. The van der Waals surface area contributed by atoms with Gasteiger partial charge in [-0.3, -0.25) is 11.3 Å². The van der Waals surface area contributed by atoms with E-state index in [-0.39, 0.29) is 48.3 Å². The van der Waals surface area contributed by atoms with E-state index in [0.717, 1.165) is 6.42 Å². The molecule has 1 aromatic rings. The second-order valence-corrected chi connectivity index (χ2v) is 2.34. The van der Waals surface area contributed by atoms with Gasteiger partial charge in [-0.05, 0) is 6.42 Å². The van der Waals surface area contributed by atoms with E-state index in [4.69, 9.17) is 0 Å². The molecule has 0 aliphatic rings. The van der Waals surface area contributed by atoms with Crippen LogP contribution < -0.4 is 0 Å². The van der Waals surface area contributed by atoms with E-state index in [1.165, 1.54) is 4.88 Å². The normalized spacial score (nSPS) is 6.45. The maximum Gasteiger partial charge on any atom is 0 e. The van der Waals surface area contributed by atoms with E-state index in [0.29, 0.717) is 0 Å². The molecule has 0 atom stereocenters. The molecule has 0 radical (unpaired) electrons. The molecule has 0 saturated carbocycles. The smallest absolute Gasteiger partial charge is 0 e. The van der Waals surface area contributed by atoms with Gasteiger partial charge >= 0.3 is 0 Å². The van der Waals surface area contributed by atoms with E-state index in [2.05, 4.69) is 18.4 Å². The molecule has 0 nitrogen and oxygen atoms in total. The Morgan fingerprint density at radius 1 is 1.45 bits per heavy atom. The van der Waals surface area contributed by atoms with E-state index in [9.17, 15) is 0 Å². The molecule has 0 saturated heterocycles. The first-order chi connectivity index (χ1) is 4.43. The summed E-state index contributed by atoms with van der Waals surface area (Å²) < 4.78 is 0. The standard InChI is InChI=1S/C6H7S.C2H6.CH3.Nd/c1-2-6-4-3-5-7-6;1-2;;/h3,5H,2H2,1H3;1-2H3;1H3;/q-1;;-1;. The van der Waals surface area contributed by atoms with E-state index >= 15 is 0 Å². The second-order valence-electron chi connectivity index (χ2n) is 1.34. The van der Waals surface area contributed by atoms with Crippen LogP contribution in [0, 0.1) is 54.3 Å². The van der Waals surface area contributed by atoms with Crippen molar-refractivity contribution in [3.05, 3.63) is 29.8 Å². The summed E-state index contributed by atoms with van der Waals surface area (Å²) in [5, 5.41) is 2.05. The van der Waals surface area contributed by atoms with Crippen molar-refractivity contribution in [1.29, 1.82) is 0 Å². The monoisotopic (exact) mass is 298 g/mol. The topological polar surface area (TPSA) is 0 Å². The van der Waals surface area contributed by atoms with Crippen molar-refractivity contribution in [3.63, 3.8) is 0 Å². The molecular formula is C9H16NdS-2. The molecule has 11 heavy (non-hydrogen) atoms. The van der Waals surface area contributed by atoms with Crippen molar-refractivity contribution in [1.82, 2.24) is 0 Å². The van der Waals surface area contributed by atoms with Crippen LogP contribution in [0.3, 0.4) is 0 Å². The predicted octanol–water partition coefficient (Wildman–Crippen LogP) is 3.59. The van der Waals surface area contributed by atoms with Crippen LogP contribution in [0.2, 0.25) is 0 Å². The van der Waals surface area contributed by atoms with Gasteiger partial charge < -0.3 is 7.43 Å². The van der Waals surface area contributed by atoms with E-state index in [1.807, 2.05) is 19.9 Å². The summed E-state index contributed by atoms with van der Waals surface area (Å²) in [4.78, 5) is 1.35. The fourth-order valence-electron chi connectivity index (χ4n) is 0.463. The maximum atomic E-state index is 3.11. The summed E-state index contributed by atoms with van der Waals surface area (Å²) in [6, 6.07) is 5.07. The van der Waals surface area contributed by atoms with Gasteiger partial charge in [-0.1, -0.05) is 20.8 Å². The number of hydrogen-bond donors (Lipinski definition) is 0. The first-order valence-corrected chi connectivity index (χ1v) is 4.25. The van der Waals surface area contributed by atoms with Crippen LogP contribution in [-0.4, -0.2) is 0 Å². The number of aryl methyl sites for hydroxylation is 1. The number of thiophene rings is 1. The van der Waals surface area contributed by atoms with Crippen molar-refractivity contribution in [2.75, 3.05) is 0 Å². The molecule has 0 spiro atoms. The Hall–Kier alpha value is 1.05. The Labute approximate surface area is 108 Å². The maximum absolute atomic E-state index is 3.11. The summed E-state index contributed by atoms with van der Waals surface area (Å²) in [5.41, 5.74) is 0. The minimum atomic E-state index is 0. The molecule has 2 heteroatoms. The summed E-state index contributed by atoms with van der Waals surface area (Å²) >= 11 is 1.77. The van der Waals surface area contributed by atoms with E-state index in [1.54, 1.807) is 11.3 Å². The Morgan fingerprint density at radius 3 is 2.18 bits per heavy atom. The van der Waals surface area contributed by atoms with Crippen LogP contribution in [0.5, 0.6) is 0 Å². The molecule has 64 valence electrons. The zero-order valence-electron chi connectivity index (χ0n) is 7.77. The van der Waals surface area contributed by atoms with Gasteiger partial charge in [-0.25, -0.2) is 12.1 Å². The minimum Gasteiger partial charge on any atom is -0.358 e. The van der Waals surface area contributed by atoms with Crippen molar-refractivity contribution >= 4 is 11.3 Å².